The smallest absolute Gasteiger partial charge is 0.00701 e. The minimum atomic E-state index is 0.601. The van der Waals surface area contributed by atoms with Crippen LogP contribution in [0, 0.1) is 46.3 Å². The van der Waals surface area contributed by atoms with E-state index >= 15 is 0 Å². The van der Waals surface area contributed by atoms with Gasteiger partial charge in [-0.15, -0.1) is 0 Å². The van der Waals surface area contributed by atoms with Crippen molar-refractivity contribution in [2.45, 2.75) is 143 Å². The highest BCUT2D eigenvalue weighted by molar-refractivity contribution is 5.10. The number of fused-ring (bicyclic) bond motifs is 5. The van der Waals surface area contributed by atoms with Crippen LogP contribution in [0.1, 0.15) is 137 Å². The molecule has 42 heavy (non-hydrogen) atoms. The first-order chi connectivity index (χ1) is 20.3. The van der Waals surface area contributed by atoms with Gasteiger partial charge < -0.3 is 21.7 Å². The molecule has 4 aliphatic carbocycles. The predicted molar refractivity (Wildman–Crippen MR) is 183 cm³/mol. The second kappa shape index (κ2) is 16.8. The van der Waals surface area contributed by atoms with Crippen LogP contribution in [0.2, 0.25) is 0 Å². The summed E-state index contributed by atoms with van der Waals surface area (Å²) in [7, 11) is 0. The summed E-state index contributed by atoms with van der Waals surface area (Å²) >= 11 is 0. The Morgan fingerprint density at radius 3 is 2.24 bits per heavy atom. The number of nitrogens with one attached hydrogen (secondary N) is 3. The second-order valence-electron chi connectivity index (χ2n) is 16.0. The average molecular weight is 585 g/mol. The van der Waals surface area contributed by atoms with Crippen LogP contribution in [0.5, 0.6) is 0 Å². The fourth-order valence-electron chi connectivity index (χ4n) is 11.0. The van der Waals surface area contributed by atoms with Gasteiger partial charge in [0.25, 0.3) is 0 Å². The summed E-state index contributed by atoms with van der Waals surface area (Å²) in [6, 6.07) is 0.757. The van der Waals surface area contributed by atoms with Crippen molar-refractivity contribution in [3.05, 3.63) is 12.2 Å². The van der Waals surface area contributed by atoms with Gasteiger partial charge in [0, 0.05) is 6.04 Å². The molecule has 0 radical (unpaired) electrons. The van der Waals surface area contributed by atoms with Gasteiger partial charge in [-0.3, -0.25) is 0 Å². The van der Waals surface area contributed by atoms with Crippen molar-refractivity contribution >= 4 is 0 Å². The van der Waals surface area contributed by atoms with Crippen LogP contribution in [0.3, 0.4) is 0 Å². The molecule has 4 nitrogen and oxygen atoms in total. The van der Waals surface area contributed by atoms with Gasteiger partial charge in [-0.25, -0.2) is 0 Å². The number of rotatable bonds is 19. The molecule has 4 saturated carbocycles. The molecule has 0 aliphatic heterocycles. The van der Waals surface area contributed by atoms with E-state index in [9.17, 15) is 0 Å². The molecule has 0 aromatic carbocycles. The number of hydrogen-bond donors (Lipinski definition) is 4. The van der Waals surface area contributed by atoms with Crippen molar-refractivity contribution < 1.29 is 0 Å². The normalized spacial score (nSPS) is 36.7. The maximum Gasteiger partial charge on any atom is 0.00701 e. The van der Waals surface area contributed by atoms with E-state index in [1.165, 1.54) is 115 Å². The molecule has 0 bridgehead atoms. The van der Waals surface area contributed by atoms with Crippen LogP contribution >= 0.6 is 0 Å². The summed E-state index contributed by atoms with van der Waals surface area (Å²) < 4.78 is 0. The van der Waals surface area contributed by atoms with Crippen LogP contribution in [0.25, 0.3) is 0 Å². The van der Waals surface area contributed by atoms with Crippen molar-refractivity contribution in [3.63, 3.8) is 0 Å². The summed E-state index contributed by atoms with van der Waals surface area (Å²) in [4.78, 5) is 0. The first kappa shape index (κ1) is 34.5. The van der Waals surface area contributed by atoms with Crippen molar-refractivity contribution in [1.82, 2.24) is 16.0 Å². The molecule has 4 aliphatic rings. The van der Waals surface area contributed by atoms with Crippen LogP contribution in [-0.4, -0.2) is 45.3 Å². The molecule has 4 heteroatoms. The average Bonchev–Trinajstić information content (AvgIpc) is 3.34. The molecule has 4 rings (SSSR count). The highest BCUT2D eigenvalue weighted by Gasteiger charge is 2.60. The van der Waals surface area contributed by atoms with Crippen molar-refractivity contribution in [2.75, 3.05) is 39.3 Å². The summed E-state index contributed by atoms with van der Waals surface area (Å²) in [5.74, 6) is 5.76. The number of allylic oxidation sites excluding steroid dienone is 1. The van der Waals surface area contributed by atoms with Gasteiger partial charge in [-0.2, -0.15) is 0 Å². The highest BCUT2D eigenvalue weighted by atomic mass is 14.9. The van der Waals surface area contributed by atoms with E-state index in [2.05, 4.69) is 50.2 Å². The highest BCUT2D eigenvalue weighted by Crippen LogP contribution is 2.68. The quantitative estimate of drug-likeness (QED) is 0.0916. The van der Waals surface area contributed by atoms with E-state index in [-0.39, 0.29) is 0 Å². The molecule has 0 spiro atoms. The third-order valence-corrected chi connectivity index (χ3v) is 13.5. The maximum atomic E-state index is 5.55. The Morgan fingerprint density at radius 1 is 0.810 bits per heavy atom. The Labute approximate surface area is 262 Å². The molecule has 0 amide bonds. The summed E-state index contributed by atoms with van der Waals surface area (Å²) in [6.07, 6.45) is 23.4. The van der Waals surface area contributed by atoms with Crippen LogP contribution in [-0.2, 0) is 0 Å². The van der Waals surface area contributed by atoms with Gasteiger partial charge in [-0.1, -0.05) is 46.3 Å². The molecule has 4 fully saturated rings. The van der Waals surface area contributed by atoms with E-state index in [1.807, 2.05) is 0 Å². The summed E-state index contributed by atoms with van der Waals surface area (Å²) in [5.41, 5.74) is 8.25. The topological polar surface area (TPSA) is 62.1 Å². The van der Waals surface area contributed by atoms with Crippen LogP contribution in [0.15, 0.2) is 12.2 Å². The minimum Gasteiger partial charge on any atom is -0.330 e. The molecule has 244 valence electrons. The molecule has 0 saturated heterocycles. The third-order valence-electron chi connectivity index (χ3n) is 13.5. The lowest BCUT2D eigenvalue weighted by Gasteiger charge is -2.61. The number of unbranched alkanes of at least 4 members (excludes halogenated alkanes) is 1. The lowest BCUT2D eigenvalue weighted by molar-refractivity contribution is -0.117. The molecule has 0 aromatic heterocycles. The maximum absolute atomic E-state index is 5.55. The lowest BCUT2D eigenvalue weighted by atomic mass is 9.44. The molecule has 0 heterocycles. The monoisotopic (exact) mass is 585 g/mol. The zero-order valence-electron chi connectivity index (χ0n) is 28.6. The molecule has 5 N–H and O–H groups in total. The Morgan fingerprint density at radius 2 is 1.50 bits per heavy atom. The van der Waals surface area contributed by atoms with Crippen molar-refractivity contribution in [3.8, 4) is 0 Å². The number of nitrogens with two attached hydrogens (primary N) is 1. The predicted octanol–water partition coefficient (Wildman–Crippen LogP) is 8.07. The van der Waals surface area contributed by atoms with Gasteiger partial charge in [0.1, 0.15) is 0 Å². The van der Waals surface area contributed by atoms with Gasteiger partial charge >= 0.3 is 0 Å². The molecule has 9 atom stereocenters. The van der Waals surface area contributed by atoms with E-state index in [0.29, 0.717) is 10.8 Å². The molecule has 9 unspecified atom stereocenters. The van der Waals surface area contributed by atoms with Gasteiger partial charge in [0.15, 0.2) is 0 Å². The van der Waals surface area contributed by atoms with Gasteiger partial charge in [-0.05, 0) is 188 Å². The summed E-state index contributed by atoms with van der Waals surface area (Å²) in [6.45, 7) is 21.2. The van der Waals surface area contributed by atoms with Crippen molar-refractivity contribution in [1.29, 1.82) is 0 Å². The SMILES string of the molecule is C=C(CCC)CCC(C)C1CCC2C3CCC4CC(NCCCNCCCCNCCCN)CCC4(C)C3CCC12C. The lowest BCUT2D eigenvalue weighted by Crippen LogP contribution is -2.55. The van der Waals surface area contributed by atoms with Crippen LogP contribution < -0.4 is 21.7 Å². The first-order valence-corrected chi connectivity index (χ1v) is 18.8. The van der Waals surface area contributed by atoms with Crippen LogP contribution in [0.4, 0.5) is 0 Å². The molecular weight excluding hydrogens is 512 g/mol. The summed E-state index contributed by atoms with van der Waals surface area (Å²) in [5, 5.41) is 11.1. The number of hydrogen-bond acceptors (Lipinski definition) is 4. The van der Waals surface area contributed by atoms with Crippen molar-refractivity contribution in [2.24, 2.45) is 52.1 Å². The Hall–Kier alpha value is -0.420. The Bertz CT molecular complexity index is 798. The third kappa shape index (κ3) is 8.43. The van der Waals surface area contributed by atoms with E-state index in [4.69, 9.17) is 5.73 Å². The standard InChI is InChI=1S/C38H72N4/c1-6-11-29(2)12-13-30(3)34-16-17-35-33-15-14-31-28-32(18-20-37(31,4)36(33)19-21-38(34,35)5)42-27-10-26-41-24-8-7-23-40-25-9-22-39/h30-36,40-42H,2,6-28,39H2,1,3-5H3. The van der Waals surface area contributed by atoms with Gasteiger partial charge in [0.2, 0.25) is 0 Å². The first-order valence-electron chi connectivity index (χ1n) is 18.8. The van der Waals surface area contributed by atoms with E-state index < -0.39 is 0 Å². The fourth-order valence-corrected chi connectivity index (χ4v) is 11.0. The Balaban J connectivity index is 1.16. The largest absolute Gasteiger partial charge is 0.330 e. The second-order valence-corrected chi connectivity index (χ2v) is 16.0. The zero-order chi connectivity index (χ0) is 30.0. The minimum absolute atomic E-state index is 0.601. The van der Waals surface area contributed by atoms with Gasteiger partial charge in [0.05, 0.1) is 0 Å². The molecular formula is C38H72N4. The molecule has 0 aromatic rings. The fraction of sp³-hybridized carbons (Fsp3) is 0.947. The zero-order valence-corrected chi connectivity index (χ0v) is 28.6. The Kier molecular flexibility index (Phi) is 13.8. The van der Waals surface area contributed by atoms with E-state index in [0.717, 1.165) is 80.7 Å². The van der Waals surface area contributed by atoms with E-state index in [1.54, 1.807) is 0 Å².